The Hall–Kier alpha value is -1.56. The van der Waals surface area contributed by atoms with E-state index in [0.717, 1.165) is 19.4 Å². The molecule has 0 bridgehead atoms. The standard InChI is InChI=1S/C11H18N4O2/c1-14-10(12)9(6-13-14)11(17)15-4-2-8(7-15)3-5-16/h6,8,16H,2-5,7,12H2,1H3. The van der Waals surface area contributed by atoms with Crippen molar-refractivity contribution in [1.29, 1.82) is 0 Å². The zero-order valence-electron chi connectivity index (χ0n) is 9.96. The summed E-state index contributed by atoms with van der Waals surface area (Å²) >= 11 is 0. The maximum absolute atomic E-state index is 12.2. The van der Waals surface area contributed by atoms with E-state index in [-0.39, 0.29) is 12.5 Å². The number of anilines is 1. The molecule has 1 aromatic rings. The first-order valence-electron chi connectivity index (χ1n) is 5.81. The van der Waals surface area contributed by atoms with E-state index in [2.05, 4.69) is 5.10 Å². The van der Waals surface area contributed by atoms with E-state index in [1.54, 1.807) is 11.9 Å². The Morgan fingerprint density at radius 3 is 3.06 bits per heavy atom. The molecule has 0 aliphatic carbocycles. The summed E-state index contributed by atoms with van der Waals surface area (Å²) < 4.78 is 1.49. The predicted octanol–water partition coefficient (Wildman–Crippen LogP) is -0.153. The van der Waals surface area contributed by atoms with Crippen molar-refractivity contribution in [3.63, 3.8) is 0 Å². The van der Waals surface area contributed by atoms with Gasteiger partial charge in [-0.25, -0.2) is 0 Å². The summed E-state index contributed by atoms with van der Waals surface area (Å²) in [6, 6.07) is 0. The number of aromatic nitrogens is 2. The van der Waals surface area contributed by atoms with Gasteiger partial charge in [-0.15, -0.1) is 0 Å². The SMILES string of the molecule is Cn1ncc(C(=O)N2CCC(CCO)C2)c1N. The van der Waals surface area contributed by atoms with Crippen LogP contribution in [0.3, 0.4) is 0 Å². The minimum atomic E-state index is -0.0592. The first kappa shape index (κ1) is 11.9. The molecule has 1 unspecified atom stereocenters. The van der Waals surface area contributed by atoms with Crippen LogP contribution in [0.2, 0.25) is 0 Å². The van der Waals surface area contributed by atoms with Crippen LogP contribution in [0, 0.1) is 5.92 Å². The van der Waals surface area contributed by atoms with Crippen molar-refractivity contribution in [2.45, 2.75) is 12.8 Å². The molecule has 6 nitrogen and oxygen atoms in total. The molecular weight excluding hydrogens is 220 g/mol. The fourth-order valence-electron chi connectivity index (χ4n) is 2.22. The van der Waals surface area contributed by atoms with Crippen LogP contribution >= 0.6 is 0 Å². The number of nitrogen functional groups attached to an aromatic ring is 1. The zero-order valence-corrected chi connectivity index (χ0v) is 9.96. The van der Waals surface area contributed by atoms with Gasteiger partial charge in [0.15, 0.2) is 0 Å². The highest BCUT2D eigenvalue weighted by atomic mass is 16.3. The lowest BCUT2D eigenvalue weighted by Gasteiger charge is -2.15. The van der Waals surface area contributed by atoms with Crippen LogP contribution in [0.1, 0.15) is 23.2 Å². The van der Waals surface area contributed by atoms with Crippen LogP contribution in [0.25, 0.3) is 0 Å². The number of carbonyl (C=O) groups excluding carboxylic acids is 1. The van der Waals surface area contributed by atoms with Gasteiger partial charge in [0.1, 0.15) is 11.4 Å². The van der Waals surface area contributed by atoms with Gasteiger partial charge in [0.2, 0.25) is 0 Å². The highest BCUT2D eigenvalue weighted by Crippen LogP contribution is 2.22. The van der Waals surface area contributed by atoms with Gasteiger partial charge in [-0.3, -0.25) is 9.48 Å². The van der Waals surface area contributed by atoms with E-state index in [1.807, 2.05) is 0 Å². The van der Waals surface area contributed by atoms with E-state index in [1.165, 1.54) is 10.9 Å². The smallest absolute Gasteiger partial charge is 0.259 e. The van der Waals surface area contributed by atoms with Gasteiger partial charge in [-0.1, -0.05) is 0 Å². The molecule has 2 heterocycles. The lowest BCUT2D eigenvalue weighted by molar-refractivity contribution is 0.0785. The number of hydrogen-bond acceptors (Lipinski definition) is 4. The number of aliphatic hydroxyl groups is 1. The maximum atomic E-state index is 12.2. The fourth-order valence-corrected chi connectivity index (χ4v) is 2.22. The summed E-state index contributed by atoms with van der Waals surface area (Å²) in [6.45, 7) is 1.62. The minimum absolute atomic E-state index is 0.0592. The average Bonchev–Trinajstić information content (AvgIpc) is 2.88. The second-order valence-electron chi connectivity index (χ2n) is 4.49. The number of nitrogens with zero attached hydrogens (tertiary/aromatic N) is 3. The molecule has 0 saturated carbocycles. The van der Waals surface area contributed by atoms with Crippen molar-refractivity contribution in [3.8, 4) is 0 Å². The van der Waals surface area contributed by atoms with Crippen LogP contribution in [0.4, 0.5) is 5.82 Å². The number of hydrogen-bond donors (Lipinski definition) is 2. The monoisotopic (exact) mass is 238 g/mol. The third kappa shape index (κ3) is 2.26. The Morgan fingerprint density at radius 1 is 1.71 bits per heavy atom. The Morgan fingerprint density at radius 2 is 2.47 bits per heavy atom. The van der Waals surface area contributed by atoms with Crippen LogP contribution in [0.5, 0.6) is 0 Å². The molecule has 1 amide bonds. The molecule has 1 fully saturated rings. The fraction of sp³-hybridized carbons (Fsp3) is 0.636. The number of aryl methyl sites for hydroxylation is 1. The van der Waals surface area contributed by atoms with Gasteiger partial charge in [-0.05, 0) is 18.8 Å². The normalized spacial score (nSPS) is 19.9. The summed E-state index contributed by atoms with van der Waals surface area (Å²) in [4.78, 5) is 13.9. The topological polar surface area (TPSA) is 84.4 Å². The largest absolute Gasteiger partial charge is 0.396 e. The Balaban J connectivity index is 2.04. The van der Waals surface area contributed by atoms with Crippen LogP contribution < -0.4 is 5.73 Å². The van der Waals surface area contributed by atoms with Crippen molar-refractivity contribution in [2.75, 3.05) is 25.4 Å². The number of carbonyl (C=O) groups is 1. The van der Waals surface area contributed by atoms with E-state index >= 15 is 0 Å². The molecule has 3 N–H and O–H groups in total. The molecular formula is C11H18N4O2. The Kier molecular flexibility index (Phi) is 3.33. The van der Waals surface area contributed by atoms with Crippen LogP contribution in [-0.2, 0) is 7.05 Å². The first-order valence-corrected chi connectivity index (χ1v) is 5.81. The van der Waals surface area contributed by atoms with Gasteiger partial charge in [0.05, 0.1) is 6.20 Å². The van der Waals surface area contributed by atoms with Crippen molar-refractivity contribution < 1.29 is 9.90 Å². The number of amides is 1. The molecule has 0 radical (unpaired) electrons. The summed E-state index contributed by atoms with van der Waals surface area (Å²) in [5.74, 6) is 0.749. The molecule has 1 aliphatic rings. The number of aliphatic hydroxyl groups excluding tert-OH is 1. The second kappa shape index (κ2) is 4.75. The van der Waals surface area contributed by atoms with Gasteiger partial charge >= 0.3 is 0 Å². The van der Waals surface area contributed by atoms with Crippen molar-refractivity contribution in [2.24, 2.45) is 13.0 Å². The second-order valence-corrected chi connectivity index (χ2v) is 4.49. The molecule has 2 rings (SSSR count). The molecule has 0 spiro atoms. The van der Waals surface area contributed by atoms with E-state index in [0.29, 0.717) is 23.8 Å². The molecule has 1 aliphatic heterocycles. The molecule has 6 heteroatoms. The summed E-state index contributed by atoms with van der Waals surface area (Å²) in [6.07, 6.45) is 3.22. The van der Waals surface area contributed by atoms with Gasteiger partial charge in [0, 0.05) is 26.7 Å². The van der Waals surface area contributed by atoms with Gasteiger partial charge in [-0.2, -0.15) is 5.10 Å². The third-order valence-corrected chi connectivity index (χ3v) is 3.33. The molecule has 17 heavy (non-hydrogen) atoms. The number of nitrogens with two attached hydrogens (primary N) is 1. The number of likely N-dealkylation sites (tertiary alicyclic amines) is 1. The van der Waals surface area contributed by atoms with Gasteiger partial charge in [0.25, 0.3) is 5.91 Å². The molecule has 1 saturated heterocycles. The third-order valence-electron chi connectivity index (χ3n) is 3.33. The van der Waals surface area contributed by atoms with Crippen LogP contribution in [-0.4, -0.2) is 45.4 Å². The van der Waals surface area contributed by atoms with Crippen molar-refractivity contribution in [1.82, 2.24) is 14.7 Å². The quantitative estimate of drug-likeness (QED) is 0.766. The van der Waals surface area contributed by atoms with Gasteiger partial charge < -0.3 is 15.7 Å². The van der Waals surface area contributed by atoms with E-state index in [9.17, 15) is 4.79 Å². The molecule has 94 valence electrons. The van der Waals surface area contributed by atoms with E-state index < -0.39 is 0 Å². The molecule has 0 aromatic carbocycles. The number of rotatable bonds is 3. The highest BCUT2D eigenvalue weighted by molar-refractivity contribution is 5.98. The zero-order chi connectivity index (χ0) is 12.4. The average molecular weight is 238 g/mol. The summed E-state index contributed by atoms with van der Waals surface area (Å²) in [5.41, 5.74) is 6.25. The lowest BCUT2D eigenvalue weighted by atomic mass is 10.1. The summed E-state index contributed by atoms with van der Waals surface area (Å²) in [7, 11) is 1.71. The lowest BCUT2D eigenvalue weighted by Crippen LogP contribution is -2.29. The first-order chi connectivity index (χ1) is 8.13. The molecule has 1 aromatic heterocycles. The summed E-state index contributed by atoms with van der Waals surface area (Å²) in [5, 5.41) is 12.8. The van der Waals surface area contributed by atoms with Crippen molar-refractivity contribution >= 4 is 11.7 Å². The van der Waals surface area contributed by atoms with Crippen molar-refractivity contribution in [3.05, 3.63) is 11.8 Å². The van der Waals surface area contributed by atoms with Crippen LogP contribution in [0.15, 0.2) is 6.20 Å². The molecule has 1 atom stereocenters. The Bertz CT molecular complexity index is 416. The Labute approximate surface area is 100 Å². The van der Waals surface area contributed by atoms with E-state index in [4.69, 9.17) is 10.8 Å². The predicted molar refractivity (Wildman–Crippen MR) is 63.3 cm³/mol. The minimum Gasteiger partial charge on any atom is -0.396 e. The highest BCUT2D eigenvalue weighted by Gasteiger charge is 2.28. The maximum Gasteiger partial charge on any atom is 0.259 e.